The number of hydrogen-bond acceptors (Lipinski definition) is 18. The van der Waals surface area contributed by atoms with E-state index in [9.17, 15) is 52.4 Å². The smallest absolute Gasteiger partial charge is 0.414 e. The van der Waals surface area contributed by atoms with Crippen LogP contribution in [0.15, 0.2) is 23.1 Å². The third-order valence-corrected chi connectivity index (χ3v) is 18.4. The second kappa shape index (κ2) is 23.5. The number of ketones is 1. The van der Waals surface area contributed by atoms with Gasteiger partial charge in [-0.15, -0.1) is 0 Å². The van der Waals surface area contributed by atoms with E-state index in [1.54, 1.807) is 41.5 Å². The molecule has 1 aromatic rings. The highest BCUT2D eigenvalue weighted by Crippen LogP contribution is 2.47. The van der Waals surface area contributed by atoms with E-state index in [2.05, 4.69) is 5.32 Å². The summed E-state index contributed by atoms with van der Waals surface area (Å²) in [6.45, 7) is 17.5. The average Bonchev–Trinajstić information content (AvgIpc) is 4.02. The molecule has 5 aliphatic rings. The van der Waals surface area contributed by atoms with Crippen LogP contribution in [0.1, 0.15) is 101 Å². The number of aliphatic hydroxyl groups excluding tert-OH is 3. The molecule has 5 N–H and O–H groups in total. The maximum atomic E-state index is 14.6. The zero-order valence-corrected chi connectivity index (χ0v) is 46.9. The highest BCUT2D eigenvalue weighted by Gasteiger charge is 2.56. The Kier molecular flexibility index (Phi) is 19.1. The van der Waals surface area contributed by atoms with Crippen molar-refractivity contribution in [2.75, 3.05) is 52.1 Å². The first-order valence-electron chi connectivity index (χ1n) is 26.4. The van der Waals surface area contributed by atoms with Crippen molar-refractivity contribution in [1.29, 1.82) is 0 Å². The number of halogens is 1. The number of methoxy groups -OCH3 is 2. The van der Waals surface area contributed by atoms with E-state index in [0.29, 0.717) is 19.4 Å². The van der Waals surface area contributed by atoms with E-state index < -0.39 is 146 Å². The lowest BCUT2D eigenvalue weighted by molar-refractivity contribution is -0.305. The number of nitrogens with zero attached hydrogens (tertiary/aromatic N) is 2. The number of rotatable bonds is 14. The number of esters is 1. The van der Waals surface area contributed by atoms with Crippen LogP contribution in [-0.2, 0) is 57.4 Å². The maximum Gasteiger partial charge on any atom is 0.414 e. The molecule has 1 aromatic carbocycles. The first kappa shape index (κ1) is 60.8. The van der Waals surface area contributed by atoms with Gasteiger partial charge in [0.25, 0.3) is 0 Å². The third kappa shape index (κ3) is 12.9. The molecule has 1 saturated carbocycles. The number of likely N-dealkylation sites (N-methyl/N-ethyl adjacent to an activating group) is 1. The molecule has 0 radical (unpaired) electrons. The molecule has 1 aliphatic carbocycles. The molecule has 3 unspecified atom stereocenters. The van der Waals surface area contributed by atoms with Crippen molar-refractivity contribution >= 4 is 39.3 Å². The Labute approximate surface area is 441 Å². The van der Waals surface area contributed by atoms with E-state index in [4.69, 9.17) is 33.2 Å². The second-order valence-corrected chi connectivity index (χ2v) is 25.0. The van der Waals surface area contributed by atoms with Crippen LogP contribution in [0, 0.1) is 47.2 Å². The summed E-state index contributed by atoms with van der Waals surface area (Å²) in [7, 11) is 1.02. The number of cyclic esters (lactones) is 2. The van der Waals surface area contributed by atoms with Gasteiger partial charge in [-0.25, -0.2) is 17.6 Å². The van der Waals surface area contributed by atoms with Gasteiger partial charge >= 0.3 is 12.1 Å². The molecular formula is C53H84FN3O17S. The minimum Gasteiger partial charge on any atom is -0.459 e. The summed E-state index contributed by atoms with van der Waals surface area (Å²) in [4.78, 5) is 57.7. The summed E-state index contributed by atoms with van der Waals surface area (Å²) in [5.41, 5.74) is -4.35. The fraction of sp³-hybridized carbons (Fsp3) is 0.811. The number of amides is 2. The molecule has 4 aliphatic heterocycles. The van der Waals surface area contributed by atoms with Crippen LogP contribution in [0.2, 0.25) is 0 Å². The topological polar surface area (TPSA) is 266 Å². The lowest BCUT2D eigenvalue weighted by atomic mass is 9.67. The number of hydrogen-bond donors (Lipinski definition) is 5. The molecule has 22 heteroatoms. The van der Waals surface area contributed by atoms with E-state index in [0.717, 1.165) is 18.4 Å². The Bertz CT molecular complexity index is 2330. The molecule has 0 aromatic heterocycles. The normalized spacial score (nSPS) is 42.5. The van der Waals surface area contributed by atoms with Gasteiger partial charge in [0.1, 0.15) is 46.5 Å². The molecule has 426 valence electrons. The van der Waals surface area contributed by atoms with Crippen LogP contribution in [0.5, 0.6) is 0 Å². The molecule has 20 nitrogen and oxygen atoms in total. The lowest BCUT2D eigenvalue weighted by Gasteiger charge is -2.52. The number of aliphatic hydroxyl groups is 4. The molecule has 4 heterocycles. The minimum atomic E-state index is -3.82. The van der Waals surface area contributed by atoms with Gasteiger partial charge in [-0.05, 0) is 97.4 Å². The minimum absolute atomic E-state index is 0.00103. The van der Waals surface area contributed by atoms with Crippen molar-refractivity contribution in [2.24, 2.45) is 41.4 Å². The largest absolute Gasteiger partial charge is 0.459 e. The van der Waals surface area contributed by atoms with Gasteiger partial charge in [0.15, 0.2) is 16.1 Å². The lowest BCUT2D eigenvalue weighted by Crippen LogP contribution is -2.62. The monoisotopic (exact) mass is 1090 g/mol. The fourth-order valence-corrected chi connectivity index (χ4v) is 13.2. The molecule has 0 spiro atoms. The summed E-state index contributed by atoms with van der Waals surface area (Å²) in [5.74, 6) is -7.07. The summed E-state index contributed by atoms with van der Waals surface area (Å²) in [6, 6.07) is 2.84. The number of Topliss-reactive ketones (excluding diaryl/α,β-unsaturated/α-hetero) is 1. The predicted molar refractivity (Wildman–Crippen MR) is 270 cm³/mol. The van der Waals surface area contributed by atoms with Crippen LogP contribution >= 0.6 is 0 Å². The summed E-state index contributed by atoms with van der Waals surface area (Å²) < 4.78 is 82.4. The van der Waals surface area contributed by atoms with Gasteiger partial charge in [0.2, 0.25) is 5.91 Å². The summed E-state index contributed by atoms with van der Waals surface area (Å²) >= 11 is 0. The summed E-state index contributed by atoms with van der Waals surface area (Å²) in [6.07, 6.45) is -8.70. The zero-order chi connectivity index (χ0) is 56.0. The first-order chi connectivity index (χ1) is 34.8. The standard InChI is InChI=1S/C53H84FN3O17S/c1-15-40-53(10,65)44(60)30(6)42(58)26(2)21-52(9,69-13)46(28(4)41(29(5)48(63)73-40)38-22-51(8,68-12)45(61)31(7)71-38)74-49-43(59)37(18-27(3)70-49)56(11)24-32-19-35(32)47(62)55-23-34-25-57(50(64)72-34)33-16-17-39(36(54)20-33)75(14,66)67/h16-17,20,26-32,34-35,37-38,40-41,43-46,49,59-61,65H,15,18-19,21-25H2,1-14H3,(H,55,62)/t26-,27-,28+,29-,30+,31+,32?,34+,35?,37+,38-,40-,41?,43-,44-,45+,46-,49+,51-,52-,53-/m1/s1. The van der Waals surface area contributed by atoms with Gasteiger partial charge in [0.05, 0.1) is 66.4 Å². The quantitative estimate of drug-likeness (QED) is 0.167. The van der Waals surface area contributed by atoms with E-state index in [1.165, 1.54) is 39.0 Å². The Morgan fingerprint density at radius 2 is 1.59 bits per heavy atom. The highest BCUT2D eigenvalue weighted by atomic mass is 32.2. The van der Waals surface area contributed by atoms with Crippen molar-refractivity contribution in [3.05, 3.63) is 24.0 Å². The number of nitrogens with one attached hydrogen (secondary N) is 1. The van der Waals surface area contributed by atoms with E-state index >= 15 is 0 Å². The van der Waals surface area contributed by atoms with Gasteiger partial charge in [-0.2, -0.15) is 0 Å². The Morgan fingerprint density at radius 1 is 0.933 bits per heavy atom. The number of carbonyl (C=O) groups excluding carboxylic acids is 4. The SMILES string of the molecule is CC[C@H]1OC(=O)[C@H](C)C([C@H]2C[C@@](C)(OC)[C@@H](O)[C@H](C)O2)[C@H](C)[C@@H](O[C@@H]2O[C@H](C)C[C@H](N(C)CC3CC3C(=O)NC[C@H]3CN(c4ccc(S(C)(=O)=O)c(F)c4)C(=O)O3)[C@H]2O)[C@](C)(OC)C[C@@H](C)C(=O)[C@H](C)[C@@H](O)[C@]1(C)O. The molecule has 6 rings (SSSR count). The van der Waals surface area contributed by atoms with Crippen molar-refractivity contribution < 1.29 is 85.6 Å². The molecule has 0 bridgehead atoms. The van der Waals surface area contributed by atoms with E-state index in [-0.39, 0.29) is 61.6 Å². The van der Waals surface area contributed by atoms with Gasteiger partial charge in [-0.3, -0.25) is 19.3 Å². The van der Waals surface area contributed by atoms with Crippen LogP contribution in [-0.4, -0.2) is 189 Å². The van der Waals surface area contributed by atoms with Crippen molar-refractivity contribution in [2.45, 2.75) is 190 Å². The molecule has 4 saturated heterocycles. The number of carbonyl (C=O) groups is 4. The Morgan fingerprint density at radius 3 is 2.19 bits per heavy atom. The molecular weight excluding hydrogens is 1000 g/mol. The van der Waals surface area contributed by atoms with Crippen molar-refractivity contribution in [3.63, 3.8) is 0 Å². The first-order valence-corrected chi connectivity index (χ1v) is 28.3. The van der Waals surface area contributed by atoms with E-state index in [1.807, 2.05) is 25.8 Å². The second-order valence-electron chi connectivity index (χ2n) is 23.0. The molecule has 21 atom stereocenters. The number of anilines is 1. The Hall–Kier alpha value is -3.42. The number of sulfone groups is 1. The fourth-order valence-electron chi connectivity index (χ4n) is 12.5. The van der Waals surface area contributed by atoms with Gasteiger partial charge in [0, 0.05) is 63.2 Å². The molecule has 5 fully saturated rings. The zero-order valence-electron chi connectivity index (χ0n) is 46.1. The van der Waals surface area contributed by atoms with Gasteiger partial charge < -0.3 is 63.8 Å². The highest BCUT2D eigenvalue weighted by molar-refractivity contribution is 7.90. The number of ether oxygens (including phenoxy) is 7. The molecule has 2 amide bonds. The maximum absolute atomic E-state index is 14.6. The number of benzene rings is 1. The summed E-state index contributed by atoms with van der Waals surface area (Å²) in [5, 5.41) is 50.0. The van der Waals surface area contributed by atoms with Crippen LogP contribution in [0.3, 0.4) is 0 Å². The molecule has 75 heavy (non-hydrogen) atoms. The van der Waals surface area contributed by atoms with Crippen molar-refractivity contribution in [1.82, 2.24) is 10.2 Å². The van der Waals surface area contributed by atoms with Crippen LogP contribution < -0.4 is 10.2 Å². The Balaban J connectivity index is 1.22. The average molecular weight is 1090 g/mol. The van der Waals surface area contributed by atoms with Crippen LogP contribution in [0.4, 0.5) is 14.9 Å². The van der Waals surface area contributed by atoms with Crippen LogP contribution in [0.25, 0.3) is 0 Å². The van der Waals surface area contributed by atoms with Gasteiger partial charge in [-0.1, -0.05) is 34.6 Å². The van der Waals surface area contributed by atoms with Crippen molar-refractivity contribution in [3.8, 4) is 0 Å². The predicted octanol–water partition coefficient (Wildman–Crippen LogP) is 3.40. The third-order valence-electron chi connectivity index (χ3n) is 17.3.